The Bertz CT molecular complexity index is 776. The van der Waals surface area contributed by atoms with Crippen molar-refractivity contribution in [2.24, 2.45) is 5.84 Å². The Morgan fingerprint density at radius 1 is 1.10 bits per heavy atom. The Balaban J connectivity index is 0.000000126. The summed E-state index contributed by atoms with van der Waals surface area (Å²) in [4.78, 5) is 2.98. The fraction of sp³-hybridized carbons (Fsp3) is 0.0588. The minimum absolute atomic E-state index is 0.188. The SMILES string of the molecule is Fc1ccc2[nH]ccc2c1.NN1CC=Cc2ccccc21. The molecule has 0 bridgehead atoms. The normalized spacial score (nSPS) is 12.8. The molecular formula is C17H16FN3. The summed E-state index contributed by atoms with van der Waals surface area (Å²) in [6.45, 7) is 0.803. The molecule has 1 aliphatic heterocycles. The van der Waals surface area contributed by atoms with E-state index in [-0.39, 0.29) is 5.82 Å². The number of anilines is 1. The van der Waals surface area contributed by atoms with E-state index in [1.54, 1.807) is 17.3 Å². The average molecular weight is 281 g/mol. The van der Waals surface area contributed by atoms with E-state index in [1.165, 1.54) is 17.7 Å². The van der Waals surface area contributed by atoms with Crippen LogP contribution in [0.1, 0.15) is 5.56 Å². The number of para-hydroxylation sites is 1. The van der Waals surface area contributed by atoms with Crippen molar-refractivity contribution in [1.29, 1.82) is 0 Å². The van der Waals surface area contributed by atoms with Crippen molar-refractivity contribution < 1.29 is 4.39 Å². The third-order valence-corrected chi connectivity index (χ3v) is 3.36. The van der Waals surface area contributed by atoms with Gasteiger partial charge in [0.25, 0.3) is 0 Å². The number of rotatable bonds is 0. The number of fused-ring (bicyclic) bond motifs is 2. The monoisotopic (exact) mass is 281 g/mol. The smallest absolute Gasteiger partial charge is 0.123 e. The van der Waals surface area contributed by atoms with Crippen molar-refractivity contribution in [2.75, 3.05) is 11.6 Å². The van der Waals surface area contributed by atoms with Crippen LogP contribution in [0.5, 0.6) is 0 Å². The van der Waals surface area contributed by atoms with E-state index < -0.39 is 0 Å². The first-order valence-corrected chi connectivity index (χ1v) is 6.74. The molecule has 4 heteroatoms. The maximum atomic E-state index is 12.5. The van der Waals surface area contributed by atoms with E-state index in [0.717, 1.165) is 23.1 Å². The summed E-state index contributed by atoms with van der Waals surface area (Å²) in [7, 11) is 0. The van der Waals surface area contributed by atoms with Crippen molar-refractivity contribution in [2.45, 2.75) is 0 Å². The second-order valence-corrected chi connectivity index (χ2v) is 4.82. The molecule has 0 amide bonds. The molecule has 106 valence electrons. The van der Waals surface area contributed by atoms with E-state index >= 15 is 0 Å². The maximum Gasteiger partial charge on any atom is 0.123 e. The Morgan fingerprint density at radius 3 is 2.81 bits per heavy atom. The zero-order valence-electron chi connectivity index (χ0n) is 11.5. The first kappa shape index (κ1) is 13.4. The molecule has 4 rings (SSSR count). The Hall–Kier alpha value is -2.59. The van der Waals surface area contributed by atoms with E-state index in [2.05, 4.69) is 23.2 Å². The second kappa shape index (κ2) is 5.81. The van der Waals surface area contributed by atoms with Crippen molar-refractivity contribution in [1.82, 2.24) is 4.98 Å². The molecule has 0 saturated heterocycles. The second-order valence-electron chi connectivity index (χ2n) is 4.82. The van der Waals surface area contributed by atoms with Crippen LogP contribution in [0, 0.1) is 5.82 Å². The van der Waals surface area contributed by atoms with Crippen molar-refractivity contribution in [3.63, 3.8) is 0 Å². The van der Waals surface area contributed by atoms with Gasteiger partial charge in [0, 0.05) is 17.1 Å². The minimum Gasteiger partial charge on any atom is -0.361 e. The standard InChI is InChI=1S/C9H10N2.C8H6FN/c10-11-7-3-5-8-4-1-2-6-9(8)11;9-7-1-2-8-6(5-7)3-4-10-8/h1-6H,7,10H2;1-5,10H. The number of nitrogens with two attached hydrogens (primary N) is 1. The molecule has 21 heavy (non-hydrogen) atoms. The molecule has 3 nitrogen and oxygen atoms in total. The molecule has 2 heterocycles. The summed E-state index contributed by atoms with van der Waals surface area (Å²) < 4.78 is 12.5. The zero-order chi connectivity index (χ0) is 14.7. The molecule has 1 aromatic heterocycles. The van der Waals surface area contributed by atoms with Crippen molar-refractivity contribution in [3.8, 4) is 0 Å². The molecule has 1 aliphatic rings. The number of hydrogen-bond acceptors (Lipinski definition) is 2. The van der Waals surface area contributed by atoms with Gasteiger partial charge in [-0.3, -0.25) is 0 Å². The number of nitrogens with zero attached hydrogens (tertiary/aromatic N) is 1. The summed E-state index contributed by atoms with van der Waals surface area (Å²) >= 11 is 0. The molecule has 2 aromatic carbocycles. The number of halogens is 1. The number of aromatic amines is 1. The predicted octanol–water partition coefficient (Wildman–Crippen LogP) is 3.70. The summed E-state index contributed by atoms with van der Waals surface area (Å²) in [6, 6.07) is 14.6. The third kappa shape index (κ3) is 2.95. The van der Waals surface area contributed by atoms with E-state index in [0.29, 0.717) is 0 Å². The van der Waals surface area contributed by atoms with E-state index in [1.807, 2.05) is 24.3 Å². The van der Waals surface area contributed by atoms with Crippen LogP contribution < -0.4 is 10.9 Å². The number of aromatic nitrogens is 1. The van der Waals surface area contributed by atoms with Gasteiger partial charge in [-0.15, -0.1) is 0 Å². The fourth-order valence-electron chi connectivity index (χ4n) is 2.31. The van der Waals surface area contributed by atoms with Gasteiger partial charge in [0.1, 0.15) is 5.82 Å². The van der Waals surface area contributed by atoms with Gasteiger partial charge in [0.15, 0.2) is 0 Å². The lowest BCUT2D eigenvalue weighted by molar-refractivity contribution is 0.630. The van der Waals surface area contributed by atoms with Crippen LogP contribution in [0.15, 0.2) is 60.8 Å². The molecule has 0 saturated carbocycles. The lowest BCUT2D eigenvalue weighted by Gasteiger charge is -2.22. The Morgan fingerprint density at radius 2 is 1.95 bits per heavy atom. The summed E-state index contributed by atoms with van der Waals surface area (Å²) in [5.41, 5.74) is 3.28. The average Bonchev–Trinajstić information content (AvgIpc) is 2.96. The van der Waals surface area contributed by atoms with Gasteiger partial charge in [-0.25, -0.2) is 10.2 Å². The van der Waals surface area contributed by atoms with Gasteiger partial charge in [-0.05, 0) is 35.9 Å². The molecule has 0 unspecified atom stereocenters. The van der Waals surface area contributed by atoms with Crippen LogP contribution in [0.4, 0.5) is 10.1 Å². The van der Waals surface area contributed by atoms with Crippen LogP contribution in [0.3, 0.4) is 0 Å². The molecule has 0 spiro atoms. The topological polar surface area (TPSA) is 45.1 Å². The molecule has 0 atom stereocenters. The van der Waals surface area contributed by atoms with Crippen LogP contribution in [0.2, 0.25) is 0 Å². The highest BCUT2D eigenvalue weighted by atomic mass is 19.1. The molecular weight excluding hydrogens is 265 g/mol. The van der Waals surface area contributed by atoms with Gasteiger partial charge in [0.05, 0.1) is 12.2 Å². The van der Waals surface area contributed by atoms with Gasteiger partial charge < -0.3 is 9.99 Å². The first-order chi connectivity index (χ1) is 10.2. The lowest BCUT2D eigenvalue weighted by Crippen LogP contribution is -2.32. The lowest BCUT2D eigenvalue weighted by atomic mass is 10.1. The molecule has 0 aliphatic carbocycles. The van der Waals surface area contributed by atoms with Gasteiger partial charge in [0.2, 0.25) is 0 Å². The predicted molar refractivity (Wildman–Crippen MR) is 85.3 cm³/mol. The van der Waals surface area contributed by atoms with Gasteiger partial charge in [-0.1, -0.05) is 30.4 Å². The third-order valence-electron chi connectivity index (χ3n) is 3.36. The minimum atomic E-state index is -0.188. The molecule has 3 N–H and O–H groups in total. The number of hydrogen-bond donors (Lipinski definition) is 2. The Labute approximate surface area is 122 Å². The van der Waals surface area contributed by atoms with Gasteiger partial charge in [-0.2, -0.15) is 0 Å². The highest BCUT2D eigenvalue weighted by Crippen LogP contribution is 2.22. The van der Waals surface area contributed by atoms with Crippen LogP contribution in [-0.2, 0) is 0 Å². The van der Waals surface area contributed by atoms with Crippen molar-refractivity contribution in [3.05, 3.63) is 72.2 Å². The van der Waals surface area contributed by atoms with Crippen molar-refractivity contribution >= 4 is 22.7 Å². The van der Waals surface area contributed by atoms with Crippen LogP contribution >= 0.6 is 0 Å². The Kier molecular flexibility index (Phi) is 3.71. The number of benzene rings is 2. The van der Waals surface area contributed by atoms with Gasteiger partial charge >= 0.3 is 0 Å². The number of hydrazine groups is 1. The van der Waals surface area contributed by atoms with E-state index in [4.69, 9.17) is 5.84 Å². The van der Waals surface area contributed by atoms with Crippen LogP contribution in [-0.4, -0.2) is 11.5 Å². The highest BCUT2D eigenvalue weighted by Gasteiger charge is 2.06. The maximum absolute atomic E-state index is 12.5. The zero-order valence-corrected chi connectivity index (χ0v) is 11.5. The first-order valence-electron chi connectivity index (χ1n) is 6.74. The van der Waals surface area contributed by atoms with Crippen LogP contribution in [0.25, 0.3) is 17.0 Å². The fourth-order valence-corrected chi connectivity index (χ4v) is 2.31. The summed E-state index contributed by atoms with van der Waals surface area (Å²) in [6.07, 6.45) is 5.95. The molecule has 3 aromatic rings. The quantitative estimate of drug-likeness (QED) is 0.617. The van der Waals surface area contributed by atoms with E-state index in [9.17, 15) is 4.39 Å². The highest BCUT2D eigenvalue weighted by molar-refractivity contribution is 5.79. The molecule has 0 radical (unpaired) electrons. The number of nitrogens with one attached hydrogen (secondary N) is 1. The molecule has 0 fully saturated rings. The summed E-state index contributed by atoms with van der Waals surface area (Å²) in [5.74, 6) is 5.54. The summed E-state index contributed by atoms with van der Waals surface area (Å²) in [5, 5.41) is 2.66. The number of H-pyrrole nitrogens is 1. The largest absolute Gasteiger partial charge is 0.361 e.